The number of rotatable bonds is 4. The summed E-state index contributed by atoms with van der Waals surface area (Å²) < 4.78 is 37.0. The summed E-state index contributed by atoms with van der Waals surface area (Å²) in [5, 5.41) is 2.99. The van der Waals surface area contributed by atoms with E-state index < -0.39 is 24.2 Å². The lowest BCUT2D eigenvalue weighted by Crippen LogP contribution is -2.51. The van der Waals surface area contributed by atoms with Gasteiger partial charge in [-0.25, -0.2) is 4.98 Å². The molecule has 3 aromatic rings. The van der Waals surface area contributed by atoms with Gasteiger partial charge in [-0.2, -0.15) is 13.2 Å². The van der Waals surface area contributed by atoms with Crippen molar-refractivity contribution in [2.45, 2.75) is 18.6 Å². The van der Waals surface area contributed by atoms with Crippen molar-refractivity contribution in [2.24, 2.45) is 5.73 Å². The fourth-order valence-corrected chi connectivity index (χ4v) is 2.74. The Hall–Kier alpha value is -2.65. The number of alkyl halides is 3. The molecule has 6 nitrogen and oxygen atoms in total. The third kappa shape index (κ3) is 4.04. The molecule has 0 saturated carbocycles. The van der Waals surface area contributed by atoms with Crippen LogP contribution in [0.2, 0.25) is 5.02 Å². The summed E-state index contributed by atoms with van der Waals surface area (Å²) >= 11 is 6.00. The first kappa shape index (κ1) is 19.1. The molecule has 0 aliphatic rings. The number of aromatic nitrogens is 3. The quantitative estimate of drug-likeness (QED) is 0.630. The van der Waals surface area contributed by atoms with Gasteiger partial charge in [0.05, 0.1) is 5.02 Å². The molecule has 4 N–H and O–H groups in total. The zero-order valence-corrected chi connectivity index (χ0v) is 14.8. The van der Waals surface area contributed by atoms with Crippen molar-refractivity contribution in [1.29, 1.82) is 0 Å². The number of nitrogens with zero attached hydrogens (tertiary/aromatic N) is 2. The zero-order valence-electron chi connectivity index (χ0n) is 14.1. The van der Waals surface area contributed by atoms with Gasteiger partial charge in [0.2, 0.25) is 5.91 Å². The van der Waals surface area contributed by atoms with Crippen molar-refractivity contribution < 1.29 is 18.0 Å². The monoisotopic (exact) mass is 397 g/mol. The number of carbonyl (C=O) groups excluding carboxylic acids is 1. The Kier molecular flexibility index (Phi) is 4.83. The number of halogens is 4. The maximum Gasteiger partial charge on any atom is 0.405 e. The van der Waals surface area contributed by atoms with E-state index in [-0.39, 0.29) is 5.56 Å². The number of pyridine rings is 2. The van der Waals surface area contributed by atoms with Crippen molar-refractivity contribution >= 4 is 28.5 Å². The molecule has 3 rings (SSSR count). The highest BCUT2D eigenvalue weighted by atomic mass is 35.5. The van der Waals surface area contributed by atoms with Crippen LogP contribution in [0.25, 0.3) is 22.2 Å². The normalized spacial score (nSPS) is 14.1. The van der Waals surface area contributed by atoms with Gasteiger partial charge in [0.15, 0.2) is 0 Å². The van der Waals surface area contributed by atoms with E-state index in [1.54, 1.807) is 29.8 Å². The Morgan fingerprint density at radius 3 is 2.74 bits per heavy atom. The molecule has 0 fully saturated rings. The molecule has 142 valence electrons. The minimum Gasteiger partial charge on any atom is -0.346 e. The number of hydrogen-bond donors (Lipinski definition) is 3. The number of carbonyl (C=O) groups is 1. The zero-order chi connectivity index (χ0) is 19.8. The molecule has 0 saturated heterocycles. The fraction of sp³-hybridized carbons (Fsp3) is 0.235. The average molecular weight is 398 g/mol. The van der Waals surface area contributed by atoms with Gasteiger partial charge in [-0.15, -0.1) is 0 Å². The van der Waals surface area contributed by atoms with Crippen molar-refractivity contribution in [3.05, 3.63) is 47.5 Å². The van der Waals surface area contributed by atoms with E-state index in [4.69, 9.17) is 17.3 Å². The van der Waals surface area contributed by atoms with E-state index in [0.29, 0.717) is 16.2 Å². The van der Waals surface area contributed by atoms with Crippen LogP contribution < -0.4 is 11.1 Å². The molecule has 0 aliphatic carbocycles. The molecule has 1 atom stereocenters. The van der Waals surface area contributed by atoms with E-state index >= 15 is 0 Å². The summed E-state index contributed by atoms with van der Waals surface area (Å²) in [6, 6.07) is 3.32. The van der Waals surface area contributed by atoms with Crippen LogP contribution in [0.1, 0.15) is 12.5 Å². The molecule has 0 spiro atoms. The Balaban J connectivity index is 1.95. The highest BCUT2D eigenvalue weighted by Gasteiger charge is 2.35. The van der Waals surface area contributed by atoms with Crippen LogP contribution in [0.4, 0.5) is 13.2 Å². The highest BCUT2D eigenvalue weighted by Crippen LogP contribution is 2.31. The standard InChI is InChI=1S/C17H15ClF3N5O/c1-16(22,15(27)26-8-17(19,20)21)10-2-9(4-23-5-10)13-7-25-14-12(13)3-11(18)6-24-14/h2-7H,8,22H2,1H3,(H,24,25)(H,26,27)/t16-/m0/s1. The molecule has 0 aliphatic heterocycles. The number of nitrogens with two attached hydrogens (primary N) is 1. The van der Waals surface area contributed by atoms with Gasteiger partial charge < -0.3 is 16.0 Å². The maximum atomic E-state index is 12.3. The molecule has 27 heavy (non-hydrogen) atoms. The second-order valence-corrected chi connectivity index (χ2v) is 6.65. The maximum absolute atomic E-state index is 12.3. The SMILES string of the molecule is C[C@@](N)(C(=O)NCC(F)(F)F)c1cncc(-c2c[nH]c3ncc(Cl)cc23)c1. The van der Waals surface area contributed by atoms with Gasteiger partial charge in [0.25, 0.3) is 0 Å². The summed E-state index contributed by atoms with van der Waals surface area (Å²) in [7, 11) is 0. The largest absolute Gasteiger partial charge is 0.405 e. The second kappa shape index (κ2) is 6.82. The molecule has 0 bridgehead atoms. The smallest absolute Gasteiger partial charge is 0.346 e. The van der Waals surface area contributed by atoms with E-state index in [1.807, 2.05) is 0 Å². The third-order valence-electron chi connectivity index (χ3n) is 4.07. The highest BCUT2D eigenvalue weighted by molar-refractivity contribution is 6.31. The lowest BCUT2D eigenvalue weighted by Gasteiger charge is -2.24. The first-order valence-electron chi connectivity index (χ1n) is 7.80. The summed E-state index contributed by atoms with van der Waals surface area (Å²) in [5.41, 5.74) is 6.53. The van der Waals surface area contributed by atoms with Crippen molar-refractivity contribution in [2.75, 3.05) is 6.54 Å². The summed E-state index contributed by atoms with van der Waals surface area (Å²) in [5.74, 6) is -0.956. The number of fused-ring (bicyclic) bond motifs is 1. The van der Waals surface area contributed by atoms with Crippen LogP contribution >= 0.6 is 11.6 Å². The molecular weight excluding hydrogens is 383 g/mol. The Morgan fingerprint density at radius 1 is 1.30 bits per heavy atom. The number of H-pyrrole nitrogens is 1. The molecule has 10 heteroatoms. The lowest BCUT2D eigenvalue weighted by atomic mass is 9.91. The molecule has 0 radical (unpaired) electrons. The van der Waals surface area contributed by atoms with E-state index in [9.17, 15) is 18.0 Å². The van der Waals surface area contributed by atoms with Crippen LogP contribution in [0, 0.1) is 0 Å². The minimum absolute atomic E-state index is 0.268. The number of aromatic amines is 1. The van der Waals surface area contributed by atoms with Crippen LogP contribution in [0.5, 0.6) is 0 Å². The Labute approximate surface area is 156 Å². The number of hydrogen-bond acceptors (Lipinski definition) is 4. The predicted molar refractivity (Wildman–Crippen MR) is 94.9 cm³/mol. The lowest BCUT2D eigenvalue weighted by molar-refractivity contribution is -0.141. The van der Waals surface area contributed by atoms with Gasteiger partial charge in [-0.05, 0) is 19.1 Å². The van der Waals surface area contributed by atoms with Gasteiger partial charge in [0, 0.05) is 46.9 Å². The van der Waals surface area contributed by atoms with Gasteiger partial charge in [-0.3, -0.25) is 9.78 Å². The van der Waals surface area contributed by atoms with Crippen molar-refractivity contribution in [3.63, 3.8) is 0 Å². The van der Waals surface area contributed by atoms with Gasteiger partial charge in [0.1, 0.15) is 17.7 Å². The van der Waals surface area contributed by atoms with Crippen molar-refractivity contribution in [3.8, 4) is 11.1 Å². The van der Waals surface area contributed by atoms with E-state index in [1.165, 1.54) is 19.3 Å². The van der Waals surface area contributed by atoms with Gasteiger partial charge >= 0.3 is 6.18 Å². The topological polar surface area (TPSA) is 96.7 Å². The average Bonchev–Trinajstić information content (AvgIpc) is 3.02. The van der Waals surface area contributed by atoms with Crippen LogP contribution in [-0.2, 0) is 10.3 Å². The third-order valence-corrected chi connectivity index (χ3v) is 4.27. The molecule has 0 unspecified atom stereocenters. The molecule has 1 amide bonds. The molecular formula is C17H15ClF3N5O. The Bertz CT molecular complexity index is 1000. The second-order valence-electron chi connectivity index (χ2n) is 6.21. The van der Waals surface area contributed by atoms with Crippen LogP contribution in [-0.4, -0.2) is 33.6 Å². The summed E-state index contributed by atoms with van der Waals surface area (Å²) in [6.07, 6.45) is 1.57. The summed E-state index contributed by atoms with van der Waals surface area (Å²) in [4.78, 5) is 23.4. The Morgan fingerprint density at radius 2 is 2.04 bits per heavy atom. The molecule has 3 aromatic heterocycles. The number of nitrogens with one attached hydrogen (secondary N) is 2. The predicted octanol–water partition coefficient (Wildman–Crippen LogP) is 3.13. The van der Waals surface area contributed by atoms with Crippen LogP contribution in [0.15, 0.2) is 36.9 Å². The molecule has 3 heterocycles. The minimum atomic E-state index is -4.53. The number of amides is 1. The van der Waals surface area contributed by atoms with Gasteiger partial charge in [-0.1, -0.05) is 11.6 Å². The van der Waals surface area contributed by atoms with Crippen LogP contribution in [0.3, 0.4) is 0 Å². The van der Waals surface area contributed by atoms with E-state index in [0.717, 1.165) is 10.9 Å². The molecule has 0 aromatic carbocycles. The van der Waals surface area contributed by atoms with E-state index in [2.05, 4.69) is 15.0 Å². The summed E-state index contributed by atoms with van der Waals surface area (Å²) in [6.45, 7) is -0.133. The van der Waals surface area contributed by atoms with Crippen molar-refractivity contribution in [1.82, 2.24) is 20.3 Å². The fourth-order valence-electron chi connectivity index (χ4n) is 2.58. The first-order valence-corrected chi connectivity index (χ1v) is 8.18. The first-order chi connectivity index (χ1) is 12.6.